The minimum absolute atomic E-state index is 0.104. The van der Waals surface area contributed by atoms with Gasteiger partial charge in [0, 0.05) is 6.42 Å². The second kappa shape index (κ2) is 3.40. The zero-order valence-electron chi connectivity index (χ0n) is 8.07. The highest BCUT2D eigenvalue weighted by Gasteiger charge is 2.45. The van der Waals surface area contributed by atoms with Crippen molar-refractivity contribution in [2.45, 2.75) is 26.7 Å². The lowest BCUT2D eigenvalue weighted by Gasteiger charge is -2.30. The lowest BCUT2D eigenvalue weighted by Crippen LogP contribution is -2.42. The van der Waals surface area contributed by atoms with Crippen molar-refractivity contribution in [2.24, 2.45) is 11.3 Å². The van der Waals surface area contributed by atoms with Crippen LogP contribution in [-0.2, 0) is 19.1 Å². The van der Waals surface area contributed by atoms with Crippen molar-refractivity contribution in [3.63, 3.8) is 0 Å². The summed E-state index contributed by atoms with van der Waals surface area (Å²) in [6, 6.07) is 0. The zero-order chi connectivity index (χ0) is 10.9. The average Bonchev–Trinajstić information content (AvgIpc) is 2.02. The number of esters is 2. The molecule has 1 heterocycles. The Labute approximate surface area is 81.0 Å². The van der Waals surface area contributed by atoms with E-state index < -0.39 is 29.2 Å². The predicted molar refractivity (Wildman–Crippen MR) is 45.2 cm³/mol. The number of carboxylic acid groups (broad SMARTS) is 1. The molecule has 1 N–H and O–H groups in total. The van der Waals surface area contributed by atoms with E-state index >= 15 is 0 Å². The number of carbonyl (C=O) groups excluding carboxylic acids is 2. The fourth-order valence-electron chi connectivity index (χ4n) is 1.42. The van der Waals surface area contributed by atoms with Crippen LogP contribution in [0.3, 0.4) is 0 Å². The molecule has 0 aromatic heterocycles. The summed E-state index contributed by atoms with van der Waals surface area (Å²) in [5, 5.41) is 8.88. The number of hydrogen-bond donors (Lipinski definition) is 1. The Balaban J connectivity index is 2.84. The third kappa shape index (κ3) is 1.76. The van der Waals surface area contributed by atoms with Crippen LogP contribution in [0.4, 0.5) is 0 Å². The molecule has 0 aliphatic carbocycles. The molecular formula is C9H12O5. The van der Waals surface area contributed by atoms with E-state index in [0.717, 1.165) is 0 Å². The highest BCUT2D eigenvalue weighted by molar-refractivity contribution is 5.92. The average molecular weight is 200 g/mol. The summed E-state index contributed by atoms with van der Waals surface area (Å²) in [6.45, 7) is 2.91. The molecule has 1 saturated heterocycles. The molecule has 0 aromatic rings. The molecule has 5 nitrogen and oxygen atoms in total. The van der Waals surface area contributed by atoms with Gasteiger partial charge in [-0.1, -0.05) is 0 Å². The quantitative estimate of drug-likeness (QED) is 0.520. The largest absolute Gasteiger partial charge is 0.481 e. The molecule has 1 unspecified atom stereocenters. The molecule has 1 aliphatic rings. The van der Waals surface area contributed by atoms with Gasteiger partial charge in [0.25, 0.3) is 0 Å². The van der Waals surface area contributed by atoms with E-state index in [1.165, 1.54) is 13.8 Å². The van der Waals surface area contributed by atoms with Crippen molar-refractivity contribution < 1.29 is 24.2 Å². The fraction of sp³-hybridized carbons (Fsp3) is 0.667. The van der Waals surface area contributed by atoms with Crippen molar-refractivity contribution >= 4 is 17.9 Å². The Morgan fingerprint density at radius 3 is 2.50 bits per heavy atom. The van der Waals surface area contributed by atoms with Gasteiger partial charge in [-0.2, -0.15) is 0 Å². The summed E-state index contributed by atoms with van der Waals surface area (Å²) >= 11 is 0. The first-order chi connectivity index (χ1) is 6.35. The maximum Gasteiger partial charge on any atom is 0.317 e. The molecule has 5 heteroatoms. The predicted octanol–water partition coefficient (Wildman–Crippen LogP) is 0.577. The number of aliphatic carboxylic acids is 1. The van der Waals surface area contributed by atoms with Crippen molar-refractivity contribution in [1.29, 1.82) is 0 Å². The first-order valence-electron chi connectivity index (χ1n) is 4.33. The van der Waals surface area contributed by atoms with Gasteiger partial charge in [0.1, 0.15) is 0 Å². The van der Waals surface area contributed by atoms with Crippen LogP contribution in [0.5, 0.6) is 0 Å². The molecule has 1 aliphatic heterocycles. The van der Waals surface area contributed by atoms with Gasteiger partial charge in [0.15, 0.2) is 0 Å². The number of cyclic esters (lactones) is 2. The van der Waals surface area contributed by atoms with E-state index in [9.17, 15) is 14.4 Å². The van der Waals surface area contributed by atoms with Crippen molar-refractivity contribution in [3.05, 3.63) is 0 Å². The SMILES string of the molecule is CC(C)(C(=O)O)C1CCC(=O)OC1=O. The minimum atomic E-state index is -1.18. The van der Waals surface area contributed by atoms with Gasteiger partial charge in [-0.3, -0.25) is 14.4 Å². The molecule has 14 heavy (non-hydrogen) atoms. The van der Waals surface area contributed by atoms with Crippen molar-refractivity contribution in [1.82, 2.24) is 0 Å². The third-order valence-corrected chi connectivity index (χ3v) is 2.56. The van der Waals surface area contributed by atoms with E-state index in [2.05, 4.69) is 4.74 Å². The van der Waals surface area contributed by atoms with Gasteiger partial charge >= 0.3 is 17.9 Å². The standard InChI is InChI=1S/C9H12O5/c1-9(2,8(12)13)5-3-4-6(10)14-7(5)11/h5H,3-4H2,1-2H3,(H,12,13). The summed E-state index contributed by atoms with van der Waals surface area (Å²) < 4.78 is 4.39. The molecule has 1 atom stereocenters. The highest BCUT2D eigenvalue weighted by atomic mass is 16.6. The first-order valence-corrected chi connectivity index (χ1v) is 4.33. The van der Waals surface area contributed by atoms with Crippen LogP contribution in [0.1, 0.15) is 26.7 Å². The maximum absolute atomic E-state index is 11.2. The van der Waals surface area contributed by atoms with Crippen LogP contribution in [0.2, 0.25) is 0 Å². The van der Waals surface area contributed by atoms with E-state index in [1.54, 1.807) is 0 Å². The number of carboxylic acids is 1. The van der Waals surface area contributed by atoms with Gasteiger partial charge in [0.2, 0.25) is 0 Å². The van der Waals surface area contributed by atoms with Gasteiger partial charge in [-0.25, -0.2) is 0 Å². The monoisotopic (exact) mass is 200 g/mol. The van der Waals surface area contributed by atoms with E-state index in [4.69, 9.17) is 5.11 Å². The van der Waals surface area contributed by atoms with Crippen LogP contribution >= 0.6 is 0 Å². The molecule has 1 rings (SSSR count). The number of hydrogen-bond acceptors (Lipinski definition) is 4. The number of ether oxygens (including phenoxy) is 1. The summed E-state index contributed by atoms with van der Waals surface area (Å²) in [7, 11) is 0. The molecule has 0 aromatic carbocycles. The molecule has 0 saturated carbocycles. The second-order valence-corrected chi connectivity index (χ2v) is 3.91. The molecule has 0 amide bonds. The summed E-state index contributed by atoms with van der Waals surface area (Å²) in [6.07, 6.45) is 0.351. The molecule has 0 bridgehead atoms. The summed E-state index contributed by atoms with van der Waals surface area (Å²) in [5.74, 6) is -3.10. The molecule has 78 valence electrons. The Hall–Kier alpha value is -1.39. The summed E-state index contributed by atoms with van der Waals surface area (Å²) in [5.41, 5.74) is -1.18. The maximum atomic E-state index is 11.2. The Bertz CT molecular complexity index is 292. The fourth-order valence-corrected chi connectivity index (χ4v) is 1.42. The van der Waals surface area contributed by atoms with Crippen molar-refractivity contribution in [2.75, 3.05) is 0 Å². The van der Waals surface area contributed by atoms with E-state index in [-0.39, 0.29) is 12.8 Å². The smallest absolute Gasteiger partial charge is 0.317 e. The Morgan fingerprint density at radius 1 is 1.50 bits per heavy atom. The third-order valence-electron chi connectivity index (χ3n) is 2.56. The molecule has 0 spiro atoms. The normalized spacial score (nSPS) is 23.1. The minimum Gasteiger partial charge on any atom is -0.481 e. The molecular weight excluding hydrogens is 188 g/mol. The first kappa shape index (κ1) is 10.7. The van der Waals surface area contributed by atoms with Crippen LogP contribution in [0.25, 0.3) is 0 Å². The van der Waals surface area contributed by atoms with Gasteiger partial charge < -0.3 is 9.84 Å². The number of carbonyl (C=O) groups is 3. The lowest BCUT2D eigenvalue weighted by molar-refractivity contribution is -0.176. The lowest BCUT2D eigenvalue weighted by atomic mass is 9.75. The topological polar surface area (TPSA) is 80.7 Å². The molecule has 1 fully saturated rings. The van der Waals surface area contributed by atoms with Gasteiger partial charge in [0.05, 0.1) is 11.3 Å². The number of rotatable bonds is 2. The van der Waals surface area contributed by atoms with Crippen LogP contribution in [-0.4, -0.2) is 23.0 Å². The van der Waals surface area contributed by atoms with E-state index in [1.807, 2.05) is 0 Å². The van der Waals surface area contributed by atoms with Gasteiger partial charge in [-0.15, -0.1) is 0 Å². The van der Waals surface area contributed by atoms with Crippen LogP contribution in [0.15, 0.2) is 0 Å². The highest BCUT2D eigenvalue weighted by Crippen LogP contribution is 2.34. The van der Waals surface area contributed by atoms with E-state index in [0.29, 0.717) is 0 Å². The Morgan fingerprint density at radius 2 is 2.07 bits per heavy atom. The summed E-state index contributed by atoms with van der Waals surface area (Å²) in [4.78, 5) is 32.8. The van der Waals surface area contributed by atoms with Gasteiger partial charge in [-0.05, 0) is 20.3 Å². The zero-order valence-corrected chi connectivity index (χ0v) is 8.07. The second-order valence-electron chi connectivity index (χ2n) is 3.91. The van der Waals surface area contributed by atoms with Crippen LogP contribution < -0.4 is 0 Å². The van der Waals surface area contributed by atoms with Crippen molar-refractivity contribution in [3.8, 4) is 0 Å². The van der Waals surface area contributed by atoms with Crippen LogP contribution in [0, 0.1) is 11.3 Å². The molecule has 0 radical (unpaired) electrons. The Kier molecular flexibility index (Phi) is 2.59.